The predicted molar refractivity (Wildman–Crippen MR) is 115 cm³/mol. The number of anilines is 1. The van der Waals surface area contributed by atoms with Gasteiger partial charge in [-0.2, -0.15) is 0 Å². The van der Waals surface area contributed by atoms with Gasteiger partial charge in [0.25, 0.3) is 0 Å². The zero-order valence-corrected chi connectivity index (χ0v) is 17.0. The van der Waals surface area contributed by atoms with Crippen molar-refractivity contribution in [2.75, 3.05) is 26.1 Å². The molecule has 0 amide bonds. The molecule has 0 aliphatic heterocycles. The number of nitrogens with one attached hydrogen (secondary N) is 1. The Balaban J connectivity index is 0.00000243. The van der Waals surface area contributed by atoms with Crippen LogP contribution in [0.5, 0.6) is 11.5 Å². The van der Waals surface area contributed by atoms with Gasteiger partial charge in [-0.25, -0.2) is 0 Å². The minimum atomic E-state index is 0. The molecule has 0 spiro atoms. The highest BCUT2D eigenvalue weighted by atomic mass is 127. The quantitative estimate of drug-likeness (QED) is 0.325. The highest BCUT2D eigenvalue weighted by molar-refractivity contribution is 14.0. The van der Waals surface area contributed by atoms with Crippen LogP contribution in [0.2, 0.25) is 0 Å². The maximum absolute atomic E-state index is 5.94. The van der Waals surface area contributed by atoms with E-state index in [9.17, 15) is 0 Å². The average Bonchev–Trinajstić information content (AvgIpc) is 3.04. The number of hydrogen-bond donors (Lipinski definition) is 2. The van der Waals surface area contributed by atoms with Gasteiger partial charge in [0.1, 0.15) is 11.3 Å². The van der Waals surface area contributed by atoms with Gasteiger partial charge in [0.2, 0.25) is 0 Å². The van der Waals surface area contributed by atoms with E-state index in [1.807, 2.05) is 42.5 Å². The molecule has 7 heteroatoms. The number of guanidine groups is 1. The molecule has 6 nitrogen and oxygen atoms in total. The van der Waals surface area contributed by atoms with Gasteiger partial charge in [0, 0.05) is 30.1 Å². The molecule has 0 saturated carbocycles. The van der Waals surface area contributed by atoms with E-state index >= 15 is 0 Å². The Bertz CT molecular complexity index is 860. The molecule has 3 rings (SSSR count). The second kappa shape index (κ2) is 9.33. The smallest absolute Gasteiger partial charge is 0.193 e. The Morgan fingerprint density at radius 2 is 1.85 bits per heavy atom. The number of fused-ring (bicyclic) bond motifs is 1. The molecule has 3 aromatic rings. The van der Waals surface area contributed by atoms with E-state index < -0.39 is 0 Å². The van der Waals surface area contributed by atoms with Gasteiger partial charge in [0.05, 0.1) is 14.2 Å². The van der Waals surface area contributed by atoms with Crippen LogP contribution < -0.4 is 20.5 Å². The Kier molecular flexibility index (Phi) is 7.14. The molecule has 138 valence electrons. The molecule has 3 N–H and O–H groups in total. The first kappa shape index (κ1) is 19.9. The molecule has 0 saturated heterocycles. The highest BCUT2D eigenvalue weighted by Crippen LogP contribution is 2.29. The molecule has 0 atom stereocenters. The molecular weight excluding hydrogens is 445 g/mol. The van der Waals surface area contributed by atoms with Crippen LogP contribution in [0.15, 0.2) is 57.9 Å². The fourth-order valence-corrected chi connectivity index (χ4v) is 2.55. The van der Waals surface area contributed by atoms with Crippen LogP contribution in [0, 0.1) is 0 Å². The van der Waals surface area contributed by atoms with Crippen LogP contribution in [0.1, 0.15) is 5.76 Å². The van der Waals surface area contributed by atoms with Crippen LogP contribution in [-0.2, 0) is 6.42 Å². The molecule has 0 bridgehead atoms. The summed E-state index contributed by atoms with van der Waals surface area (Å²) in [6.45, 7) is 0.534. The maximum Gasteiger partial charge on any atom is 0.193 e. The Morgan fingerprint density at radius 3 is 2.58 bits per heavy atom. The number of ether oxygens (including phenoxy) is 2. The van der Waals surface area contributed by atoms with Crippen molar-refractivity contribution in [2.24, 2.45) is 10.7 Å². The van der Waals surface area contributed by atoms with Crippen LogP contribution in [0.4, 0.5) is 5.69 Å². The lowest BCUT2D eigenvalue weighted by molar-refractivity contribution is 0.355. The van der Waals surface area contributed by atoms with Crippen molar-refractivity contribution in [1.29, 1.82) is 0 Å². The molecular formula is C19H22IN3O3. The summed E-state index contributed by atoms with van der Waals surface area (Å²) in [5, 5.41) is 4.14. The van der Waals surface area contributed by atoms with Crippen molar-refractivity contribution < 1.29 is 13.9 Å². The first-order chi connectivity index (χ1) is 12.2. The minimum absolute atomic E-state index is 0. The van der Waals surface area contributed by atoms with Crippen LogP contribution >= 0.6 is 24.0 Å². The average molecular weight is 467 g/mol. The first-order valence-corrected chi connectivity index (χ1v) is 7.96. The standard InChI is InChI=1S/C19H21N3O3.HI/c1-23-17-8-7-14(12-18(17)24-2)22-19(20)21-10-9-15-11-13-5-3-4-6-16(13)25-15;/h3-8,11-12H,9-10H2,1-2H3,(H3,20,21,22);1H. The van der Waals surface area contributed by atoms with Gasteiger partial charge in [-0.05, 0) is 24.3 Å². The van der Waals surface area contributed by atoms with Gasteiger partial charge in [-0.1, -0.05) is 18.2 Å². The fraction of sp³-hybridized carbons (Fsp3) is 0.211. The van der Waals surface area contributed by atoms with Crippen molar-refractivity contribution in [3.8, 4) is 11.5 Å². The number of halogens is 1. The monoisotopic (exact) mass is 467 g/mol. The summed E-state index contributed by atoms with van der Waals surface area (Å²) in [6.07, 6.45) is 0.684. The summed E-state index contributed by atoms with van der Waals surface area (Å²) in [7, 11) is 3.19. The van der Waals surface area contributed by atoms with E-state index in [-0.39, 0.29) is 24.0 Å². The molecule has 1 heterocycles. The third-order valence-electron chi connectivity index (χ3n) is 3.77. The second-order valence-electron chi connectivity index (χ2n) is 5.46. The predicted octanol–water partition coefficient (Wildman–Crippen LogP) is 4.04. The number of benzene rings is 2. The topological polar surface area (TPSA) is 82.0 Å². The molecule has 2 aromatic carbocycles. The van der Waals surface area contributed by atoms with Crippen LogP contribution in [-0.4, -0.2) is 26.7 Å². The number of hydrogen-bond acceptors (Lipinski definition) is 4. The third-order valence-corrected chi connectivity index (χ3v) is 3.77. The number of nitrogens with zero attached hydrogens (tertiary/aromatic N) is 1. The van der Waals surface area contributed by atoms with Crippen molar-refractivity contribution in [3.05, 3.63) is 54.3 Å². The van der Waals surface area contributed by atoms with E-state index in [2.05, 4.69) is 10.3 Å². The van der Waals surface area contributed by atoms with Gasteiger partial charge < -0.3 is 24.9 Å². The zero-order valence-electron chi connectivity index (χ0n) is 14.7. The summed E-state index contributed by atoms with van der Waals surface area (Å²) >= 11 is 0. The summed E-state index contributed by atoms with van der Waals surface area (Å²) in [6, 6.07) is 15.4. The van der Waals surface area contributed by atoms with Gasteiger partial charge in [-0.3, -0.25) is 4.99 Å². The number of methoxy groups -OCH3 is 2. The van der Waals surface area contributed by atoms with Crippen LogP contribution in [0.3, 0.4) is 0 Å². The van der Waals surface area contributed by atoms with Crippen molar-refractivity contribution in [1.82, 2.24) is 0 Å². The SMILES string of the molecule is COc1ccc(NC(N)=NCCc2cc3ccccc3o2)cc1OC.I. The number of nitrogens with two attached hydrogens (primary N) is 1. The molecule has 0 radical (unpaired) electrons. The van der Waals surface area contributed by atoms with Crippen molar-refractivity contribution in [2.45, 2.75) is 6.42 Å². The van der Waals surface area contributed by atoms with Crippen molar-refractivity contribution >= 4 is 46.6 Å². The number of rotatable bonds is 6. The molecule has 0 aliphatic carbocycles. The maximum atomic E-state index is 5.94. The lowest BCUT2D eigenvalue weighted by Crippen LogP contribution is -2.23. The summed E-state index contributed by atoms with van der Waals surface area (Å²) in [5.74, 6) is 2.52. The summed E-state index contributed by atoms with van der Waals surface area (Å²) in [4.78, 5) is 4.33. The lowest BCUT2D eigenvalue weighted by atomic mass is 10.2. The minimum Gasteiger partial charge on any atom is -0.493 e. The Hall–Kier alpha value is -2.42. The van der Waals surface area contributed by atoms with Gasteiger partial charge >= 0.3 is 0 Å². The van der Waals surface area contributed by atoms with E-state index in [1.165, 1.54) is 0 Å². The van der Waals surface area contributed by atoms with Gasteiger partial charge in [-0.15, -0.1) is 24.0 Å². The van der Waals surface area contributed by atoms with Gasteiger partial charge in [0.15, 0.2) is 17.5 Å². The van der Waals surface area contributed by atoms with E-state index in [4.69, 9.17) is 19.6 Å². The number of furan rings is 1. The van der Waals surface area contributed by atoms with Crippen molar-refractivity contribution in [3.63, 3.8) is 0 Å². The zero-order chi connectivity index (χ0) is 17.6. The van der Waals surface area contributed by atoms with E-state index in [0.29, 0.717) is 30.4 Å². The molecule has 1 aromatic heterocycles. The molecule has 0 aliphatic rings. The highest BCUT2D eigenvalue weighted by Gasteiger charge is 2.05. The second-order valence-corrected chi connectivity index (χ2v) is 5.46. The van der Waals surface area contributed by atoms with E-state index in [0.717, 1.165) is 22.4 Å². The largest absolute Gasteiger partial charge is 0.493 e. The Labute approximate surface area is 169 Å². The van der Waals surface area contributed by atoms with Crippen LogP contribution in [0.25, 0.3) is 11.0 Å². The number of para-hydroxylation sites is 1. The number of aliphatic imine (C=N–C) groups is 1. The lowest BCUT2D eigenvalue weighted by Gasteiger charge is -2.10. The normalized spacial score (nSPS) is 11.1. The first-order valence-electron chi connectivity index (χ1n) is 7.96. The summed E-state index contributed by atoms with van der Waals surface area (Å²) in [5.41, 5.74) is 7.61. The third kappa shape index (κ3) is 4.81. The fourth-order valence-electron chi connectivity index (χ4n) is 2.55. The van der Waals surface area contributed by atoms with E-state index in [1.54, 1.807) is 20.3 Å². The molecule has 26 heavy (non-hydrogen) atoms. The Morgan fingerprint density at radius 1 is 1.08 bits per heavy atom. The molecule has 0 unspecified atom stereocenters. The summed E-state index contributed by atoms with van der Waals surface area (Å²) < 4.78 is 16.2. The molecule has 0 fully saturated rings.